The molecule has 3 aromatic rings. The minimum atomic E-state index is -0.470. The van der Waals surface area contributed by atoms with Crippen molar-refractivity contribution in [2.45, 2.75) is 82.8 Å². The van der Waals surface area contributed by atoms with Crippen LogP contribution < -0.4 is 9.64 Å². The van der Waals surface area contributed by atoms with Crippen LogP contribution in [0.3, 0.4) is 0 Å². The van der Waals surface area contributed by atoms with E-state index in [4.69, 9.17) is 14.5 Å². The number of halogens is 1. The largest absolute Gasteiger partial charge is 0.461 e. The molecule has 0 aliphatic carbocycles. The van der Waals surface area contributed by atoms with Gasteiger partial charge in [-0.2, -0.15) is 9.97 Å². The predicted molar refractivity (Wildman–Crippen MR) is 163 cm³/mol. The van der Waals surface area contributed by atoms with Gasteiger partial charge in [-0.15, -0.1) is 0 Å². The zero-order chi connectivity index (χ0) is 29.6. The van der Waals surface area contributed by atoms with E-state index in [9.17, 15) is 4.79 Å². The van der Waals surface area contributed by atoms with Gasteiger partial charge in [0.05, 0.1) is 29.6 Å². The molecule has 228 valence electrons. The van der Waals surface area contributed by atoms with E-state index in [2.05, 4.69) is 26.7 Å². The normalized spacial score (nSPS) is 22.8. The smallest absolute Gasteiger partial charge is 0.410 e. The maximum atomic E-state index is 16.4. The Balaban J connectivity index is 1.24. The SMILES string of the molecule is CCCCOC(=O)N1C2CCC1CN(c1nc(OCC34CCCN3CCC4)nc3c(F)c(-c4ccccc4C)ncc13)C2. The van der Waals surface area contributed by atoms with Gasteiger partial charge in [0.2, 0.25) is 0 Å². The molecule has 0 N–H and O–H groups in total. The maximum Gasteiger partial charge on any atom is 0.410 e. The highest BCUT2D eigenvalue weighted by atomic mass is 19.1. The van der Waals surface area contributed by atoms with Crippen molar-refractivity contribution in [3.8, 4) is 17.3 Å². The summed E-state index contributed by atoms with van der Waals surface area (Å²) in [5, 5.41) is 0.557. The first-order chi connectivity index (χ1) is 21.0. The zero-order valence-electron chi connectivity index (χ0n) is 25.2. The van der Waals surface area contributed by atoms with Gasteiger partial charge < -0.3 is 14.4 Å². The number of aryl methyl sites for hydroxylation is 1. The van der Waals surface area contributed by atoms with E-state index in [0.717, 1.165) is 62.7 Å². The topological polar surface area (TPSA) is 83.9 Å². The molecule has 7 rings (SSSR count). The first kappa shape index (κ1) is 28.3. The molecule has 4 aliphatic heterocycles. The maximum absolute atomic E-state index is 16.4. The summed E-state index contributed by atoms with van der Waals surface area (Å²) >= 11 is 0. The van der Waals surface area contributed by atoms with E-state index in [-0.39, 0.29) is 40.9 Å². The van der Waals surface area contributed by atoms with Crippen LogP contribution in [0.1, 0.15) is 63.9 Å². The molecular formula is C33H41FN6O3. The van der Waals surface area contributed by atoms with Crippen molar-refractivity contribution in [3.63, 3.8) is 0 Å². The van der Waals surface area contributed by atoms with Crippen molar-refractivity contribution in [2.75, 3.05) is 44.3 Å². The van der Waals surface area contributed by atoms with Gasteiger partial charge in [-0.25, -0.2) is 9.18 Å². The second-order valence-corrected chi connectivity index (χ2v) is 12.7. The first-order valence-corrected chi connectivity index (χ1v) is 16.0. The number of nitrogens with zero attached hydrogens (tertiary/aromatic N) is 6. The third kappa shape index (κ3) is 5.07. The molecule has 0 saturated carbocycles. The second kappa shape index (κ2) is 11.5. The monoisotopic (exact) mass is 588 g/mol. The molecule has 10 heteroatoms. The number of pyridine rings is 1. The number of benzene rings is 1. The molecule has 0 spiro atoms. The van der Waals surface area contributed by atoms with Crippen LogP contribution in [0.15, 0.2) is 30.5 Å². The average molecular weight is 589 g/mol. The fourth-order valence-electron chi connectivity index (χ4n) is 7.77. The Kier molecular flexibility index (Phi) is 7.57. The van der Waals surface area contributed by atoms with E-state index in [0.29, 0.717) is 37.5 Å². The molecule has 2 atom stereocenters. The number of ether oxygens (including phenoxy) is 2. The van der Waals surface area contributed by atoms with Crippen molar-refractivity contribution in [2.24, 2.45) is 0 Å². The Labute approximate surface area is 252 Å². The van der Waals surface area contributed by atoms with Crippen LogP contribution in [0.4, 0.5) is 15.0 Å². The summed E-state index contributed by atoms with van der Waals surface area (Å²) in [5.41, 5.74) is 2.19. The number of carbonyl (C=O) groups is 1. The number of fused-ring (bicyclic) bond motifs is 4. The van der Waals surface area contributed by atoms with Crippen molar-refractivity contribution >= 4 is 22.8 Å². The third-order valence-electron chi connectivity index (χ3n) is 10.0. The molecule has 1 aromatic carbocycles. The van der Waals surface area contributed by atoms with Gasteiger partial charge in [-0.3, -0.25) is 14.8 Å². The summed E-state index contributed by atoms with van der Waals surface area (Å²) in [5.74, 6) is 0.147. The number of rotatable bonds is 8. The molecule has 43 heavy (non-hydrogen) atoms. The zero-order valence-corrected chi connectivity index (χ0v) is 25.2. The van der Waals surface area contributed by atoms with Crippen molar-refractivity contribution in [1.29, 1.82) is 0 Å². The van der Waals surface area contributed by atoms with Crippen molar-refractivity contribution in [1.82, 2.24) is 24.8 Å². The highest BCUT2D eigenvalue weighted by Crippen LogP contribution is 2.40. The summed E-state index contributed by atoms with van der Waals surface area (Å²) in [7, 11) is 0. The fourth-order valence-corrected chi connectivity index (χ4v) is 7.77. The summed E-state index contributed by atoms with van der Waals surface area (Å²) < 4.78 is 28.4. The number of amides is 1. The highest BCUT2D eigenvalue weighted by molar-refractivity contribution is 5.92. The summed E-state index contributed by atoms with van der Waals surface area (Å²) in [6.07, 6.45) is 9.64. The van der Waals surface area contributed by atoms with E-state index in [1.165, 1.54) is 12.8 Å². The molecular weight excluding hydrogens is 547 g/mol. The van der Waals surface area contributed by atoms with Gasteiger partial charge in [-0.1, -0.05) is 37.6 Å². The van der Waals surface area contributed by atoms with Gasteiger partial charge >= 0.3 is 12.1 Å². The van der Waals surface area contributed by atoms with Crippen LogP contribution in [0.2, 0.25) is 0 Å². The lowest BCUT2D eigenvalue weighted by Crippen LogP contribution is -2.56. The lowest BCUT2D eigenvalue weighted by Gasteiger charge is -2.41. The number of hydrogen-bond donors (Lipinski definition) is 0. The van der Waals surface area contributed by atoms with Crippen molar-refractivity contribution < 1.29 is 18.7 Å². The number of carbonyl (C=O) groups excluding carboxylic acids is 1. The number of anilines is 1. The lowest BCUT2D eigenvalue weighted by molar-refractivity contribution is 0.0776. The number of piperazine rings is 1. The first-order valence-electron chi connectivity index (χ1n) is 16.0. The van der Waals surface area contributed by atoms with E-state index in [1.807, 2.05) is 36.1 Å². The molecule has 6 heterocycles. The molecule has 9 nitrogen and oxygen atoms in total. The summed E-state index contributed by atoms with van der Waals surface area (Å²) in [4.78, 5) is 33.8. The Morgan fingerprint density at radius 2 is 1.84 bits per heavy atom. The minimum absolute atomic E-state index is 0.00994. The molecule has 4 aliphatic rings. The minimum Gasteiger partial charge on any atom is -0.461 e. The summed E-state index contributed by atoms with van der Waals surface area (Å²) in [6, 6.07) is 7.89. The van der Waals surface area contributed by atoms with E-state index >= 15 is 4.39 Å². The number of unbranched alkanes of at least 4 members (excludes halogenated alkanes) is 1. The van der Waals surface area contributed by atoms with E-state index in [1.54, 1.807) is 6.20 Å². The van der Waals surface area contributed by atoms with Gasteiger partial charge in [0, 0.05) is 24.8 Å². The van der Waals surface area contributed by atoms with Crippen LogP contribution in [0, 0.1) is 12.7 Å². The average Bonchev–Trinajstić information content (AvgIpc) is 3.67. The molecule has 4 saturated heterocycles. The Morgan fingerprint density at radius 1 is 1.09 bits per heavy atom. The van der Waals surface area contributed by atoms with E-state index < -0.39 is 5.82 Å². The van der Waals surface area contributed by atoms with Crippen molar-refractivity contribution in [3.05, 3.63) is 41.8 Å². The van der Waals surface area contributed by atoms with Gasteiger partial charge in [-0.05, 0) is 70.5 Å². The van der Waals surface area contributed by atoms with Crippen LogP contribution >= 0.6 is 0 Å². The molecule has 2 unspecified atom stereocenters. The second-order valence-electron chi connectivity index (χ2n) is 12.7. The lowest BCUT2D eigenvalue weighted by atomic mass is 9.95. The Hall–Kier alpha value is -3.53. The van der Waals surface area contributed by atoms with Crippen LogP contribution in [0.5, 0.6) is 6.01 Å². The molecule has 1 amide bonds. The Bertz CT molecular complexity index is 1490. The standard InChI is InChI=1S/C33H41FN6O3/c1-3-4-17-42-32(41)40-23-11-12-24(40)20-38(19-23)30-26-18-35-28(25-10-6-5-9-22(25)2)27(34)29(26)36-31(37-30)43-21-33-13-7-15-39(33)16-8-14-33/h5-6,9-10,18,23-24H,3-4,7-8,11-17,19-21H2,1-2H3. The Morgan fingerprint density at radius 3 is 2.56 bits per heavy atom. The quantitative estimate of drug-likeness (QED) is 0.308. The molecule has 4 fully saturated rings. The highest BCUT2D eigenvalue weighted by Gasteiger charge is 2.46. The summed E-state index contributed by atoms with van der Waals surface area (Å²) in [6.45, 7) is 8.35. The van der Waals surface area contributed by atoms with Crippen LogP contribution in [0.25, 0.3) is 22.2 Å². The van der Waals surface area contributed by atoms with Gasteiger partial charge in [0.1, 0.15) is 23.6 Å². The molecule has 2 bridgehead atoms. The molecule has 2 aromatic heterocycles. The van der Waals surface area contributed by atoms with Gasteiger partial charge in [0.25, 0.3) is 0 Å². The van der Waals surface area contributed by atoms with Crippen LogP contribution in [-0.4, -0.2) is 87.9 Å². The van der Waals surface area contributed by atoms with Crippen LogP contribution in [-0.2, 0) is 4.74 Å². The number of hydrogen-bond acceptors (Lipinski definition) is 8. The third-order valence-corrected chi connectivity index (χ3v) is 10.0. The molecule has 0 radical (unpaired) electrons. The number of aromatic nitrogens is 3. The fraction of sp³-hybridized carbons (Fsp3) is 0.576. The predicted octanol–water partition coefficient (Wildman–Crippen LogP) is 5.74. The van der Waals surface area contributed by atoms with Gasteiger partial charge in [0.15, 0.2) is 5.82 Å².